The Kier molecular flexibility index (Phi) is 5.06. The first-order valence-electron chi connectivity index (χ1n) is 7.12. The van der Waals surface area contributed by atoms with Crippen LogP contribution in [0.1, 0.15) is 37.0 Å². The molecule has 0 N–H and O–H groups in total. The number of benzene rings is 1. The van der Waals surface area contributed by atoms with Crippen molar-refractivity contribution in [3.05, 3.63) is 28.8 Å². The van der Waals surface area contributed by atoms with Gasteiger partial charge in [0, 0.05) is 18.2 Å². The molecule has 0 saturated carbocycles. The van der Waals surface area contributed by atoms with Gasteiger partial charge in [0.05, 0.1) is 18.7 Å². The van der Waals surface area contributed by atoms with Gasteiger partial charge in [0.2, 0.25) is 0 Å². The molecule has 1 saturated heterocycles. The number of nitrogens with zero attached hydrogens (tertiary/aromatic N) is 1. The van der Waals surface area contributed by atoms with E-state index in [1.54, 1.807) is 25.3 Å². The average Bonchev–Trinajstić information content (AvgIpc) is 2.42. The third-order valence-corrected chi connectivity index (χ3v) is 4.36. The first kappa shape index (κ1) is 15.3. The number of Topliss-reactive ketones (excluding diaryl/α,β-unsaturated/α-hetero) is 1. The van der Waals surface area contributed by atoms with Gasteiger partial charge in [0.15, 0.2) is 5.78 Å². The largest absolute Gasteiger partial charge is 0.495 e. The second-order valence-electron chi connectivity index (χ2n) is 5.73. The van der Waals surface area contributed by atoms with Crippen LogP contribution < -0.4 is 4.74 Å². The first-order valence-corrected chi connectivity index (χ1v) is 7.50. The van der Waals surface area contributed by atoms with Crippen molar-refractivity contribution in [1.82, 2.24) is 4.90 Å². The Bertz CT molecular complexity index is 489. The number of piperidine rings is 1. The second kappa shape index (κ2) is 6.59. The van der Waals surface area contributed by atoms with Crippen LogP contribution in [0.3, 0.4) is 0 Å². The summed E-state index contributed by atoms with van der Waals surface area (Å²) < 4.78 is 5.11. The van der Waals surface area contributed by atoms with Gasteiger partial charge < -0.3 is 4.74 Å². The SMILES string of the molecule is COc1ccc(C(=O)CN2CC(C)CCC2C)cc1Cl. The number of ketones is 1. The third kappa shape index (κ3) is 3.53. The second-order valence-corrected chi connectivity index (χ2v) is 6.14. The summed E-state index contributed by atoms with van der Waals surface area (Å²) in [6, 6.07) is 5.70. The number of ether oxygens (including phenoxy) is 1. The number of carbonyl (C=O) groups excluding carboxylic acids is 1. The van der Waals surface area contributed by atoms with Crippen LogP contribution in [0.5, 0.6) is 5.75 Å². The molecule has 4 heteroatoms. The highest BCUT2D eigenvalue weighted by Crippen LogP contribution is 2.26. The molecule has 2 unspecified atom stereocenters. The van der Waals surface area contributed by atoms with Crippen molar-refractivity contribution in [2.24, 2.45) is 5.92 Å². The van der Waals surface area contributed by atoms with Gasteiger partial charge in [-0.1, -0.05) is 18.5 Å². The Morgan fingerprint density at radius 2 is 2.15 bits per heavy atom. The highest BCUT2D eigenvalue weighted by molar-refractivity contribution is 6.32. The van der Waals surface area contributed by atoms with Crippen LogP contribution in [0.15, 0.2) is 18.2 Å². The molecule has 0 radical (unpaired) electrons. The Morgan fingerprint density at radius 3 is 2.80 bits per heavy atom. The van der Waals surface area contributed by atoms with E-state index in [1.165, 1.54) is 6.42 Å². The normalized spacial score (nSPS) is 23.6. The summed E-state index contributed by atoms with van der Waals surface area (Å²) in [4.78, 5) is 14.6. The summed E-state index contributed by atoms with van der Waals surface area (Å²) in [5.74, 6) is 1.39. The van der Waals surface area contributed by atoms with Crippen LogP contribution in [0.2, 0.25) is 5.02 Å². The smallest absolute Gasteiger partial charge is 0.176 e. The van der Waals surface area contributed by atoms with E-state index in [-0.39, 0.29) is 5.78 Å². The number of likely N-dealkylation sites (tertiary alicyclic amines) is 1. The van der Waals surface area contributed by atoms with Crippen molar-refractivity contribution in [3.63, 3.8) is 0 Å². The minimum Gasteiger partial charge on any atom is -0.495 e. The zero-order valence-corrected chi connectivity index (χ0v) is 13.1. The van der Waals surface area contributed by atoms with Crippen molar-refractivity contribution < 1.29 is 9.53 Å². The molecule has 1 aliphatic rings. The van der Waals surface area contributed by atoms with Crippen molar-refractivity contribution in [1.29, 1.82) is 0 Å². The lowest BCUT2D eigenvalue weighted by Crippen LogP contribution is -2.43. The van der Waals surface area contributed by atoms with Crippen LogP contribution in [0.25, 0.3) is 0 Å². The molecule has 1 aliphatic heterocycles. The molecule has 0 aromatic heterocycles. The molecule has 2 atom stereocenters. The molecule has 0 aliphatic carbocycles. The maximum absolute atomic E-state index is 12.4. The van der Waals surface area contributed by atoms with Crippen LogP contribution in [-0.4, -0.2) is 36.9 Å². The highest BCUT2D eigenvalue weighted by Gasteiger charge is 2.25. The molecular formula is C16H22ClNO2. The predicted octanol–water partition coefficient (Wildman–Crippen LogP) is 3.65. The first-order chi connectivity index (χ1) is 9.51. The fourth-order valence-corrected chi connectivity index (χ4v) is 2.97. The molecule has 1 fully saturated rings. The van der Waals surface area contributed by atoms with Crippen LogP contribution in [-0.2, 0) is 0 Å². The Hall–Kier alpha value is -1.06. The van der Waals surface area contributed by atoms with E-state index >= 15 is 0 Å². The molecule has 0 amide bonds. The molecule has 1 aromatic carbocycles. The van der Waals surface area contributed by atoms with Crippen molar-refractivity contribution >= 4 is 17.4 Å². The van der Waals surface area contributed by atoms with E-state index in [0.29, 0.717) is 34.8 Å². The summed E-state index contributed by atoms with van der Waals surface area (Å²) in [6.45, 7) is 5.90. The van der Waals surface area contributed by atoms with E-state index in [4.69, 9.17) is 16.3 Å². The van der Waals surface area contributed by atoms with Crippen LogP contribution in [0, 0.1) is 5.92 Å². The maximum Gasteiger partial charge on any atom is 0.176 e. The number of rotatable bonds is 4. The summed E-state index contributed by atoms with van der Waals surface area (Å²) in [7, 11) is 1.57. The van der Waals surface area contributed by atoms with E-state index in [9.17, 15) is 4.79 Å². The van der Waals surface area contributed by atoms with Gasteiger partial charge in [-0.3, -0.25) is 9.69 Å². The summed E-state index contributed by atoms with van der Waals surface area (Å²) >= 11 is 6.08. The van der Waals surface area contributed by atoms with Crippen LogP contribution in [0.4, 0.5) is 0 Å². The highest BCUT2D eigenvalue weighted by atomic mass is 35.5. The van der Waals surface area contributed by atoms with Gasteiger partial charge in [-0.15, -0.1) is 0 Å². The minimum absolute atomic E-state index is 0.121. The lowest BCUT2D eigenvalue weighted by atomic mass is 9.94. The standard InChI is InChI=1S/C16H22ClNO2/c1-11-4-5-12(2)18(9-11)10-15(19)13-6-7-16(20-3)14(17)8-13/h6-8,11-12H,4-5,9-10H2,1-3H3. The number of hydrogen-bond acceptors (Lipinski definition) is 3. The number of halogens is 1. The van der Waals surface area contributed by atoms with Gasteiger partial charge >= 0.3 is 0 Å². The van der Waals surface area contributed by atoms with E-state index in [0.717, 1.165) is 13.0 Å². The Balaban J connectivity index is 2.06. The van der Waals surface area contributed by atoms with Crippen molar-refractivity contribution in [3.8, 4) is 5.75 Å². The third-order valence-electron chi connectivity index (χ3n) is 4.07. The molecular weight excluding hydrogens is 274 g/mol. The summed E-state index contributed by atoms with van der Waals surface area (Å²) in [5, 5.41) is 0.485. The van der Waals surface area contributed by atoms with Gasteiger partial charge in [-0.2, -0.15) is 0 Å². The Morgan fingerprint density at radius 1 is 1.40 bits per heavy atom. The lowest BCUT2D eigenvalue weighted by Gasteiger charge is -2.36. The molecule has 1 heterocycles. The Labute approximate surface area is 125 Å². The van der Waals surface area contributed by atoms with E-state index < -0.39 is 0 Å². The van der Waals surface area contributed by atoms with E-state index in [1.807, 2.05) is 0 Å². The molecule has 0 bridgehead atoms. The predicted molar refractivity (Wildman–Crippen MR) is 81.8 cm³/mol. The van der Waals surface area contributed by atoms with Gasteiger partial charge in [0.1, 0.15) is 5.75 Å². The van der Waals surface area contributed by atoms with Gasteiger partial charge in [0.25, 0.3) is 0 Å². The van der Waals surface area contributed by atoms with E-state index in [2.05, 4.69) is 18.7 Å². The fraction of sp³-hybridized carbons (Fsp3) is 0.562. The summed E-state index contributed by atoms with van der Waals surface area (Å²) in [6.07, 6.45) is 2.41. The number of hydrogen-bond donors (Lipinski definition) is 0. The lowest BCUT2D eigenvalue weighted by molar-refractivity contribution is 0.0805. The molecule has 0 spiro atoms. The summed E-state index contributed by atoms with van der Waals surface area (Å²) in [5.41, 5.74) is 0.654. The monoisotopic (exact) mass is 295 g/mol. The number of carbonyl (C=O) groups is 1. The van der Waals surface area contributed by atoms with Gasteiger partial charge in [-0.05, 0) is 43.9 Å². The average molecular weight is 296 g/mol. The fourth-order valence-electron chi connectivity index (χ4n) is 2.72. The molecule has 20 heavy (non-hydrogen) atoms. The minimum atomic E-state index is 0.121. The van der Waals surface area contributed by atoms with Gasteiger partial charge in [-0.25, -0.2) is 0 Å². The quantitative estimate of drug-likeness (QED) is 0.794. The molecule has 110 valence electrons. The molecule has 1 aromatic rings. The van der Waals surface area contributed by atoms with Crippen molar-refractivity contribution in [2.45, 2.75) is 32.7 Å². The zero-order chi connectivity index (χ0) is 14.7. The van der Waals surface area contributed by atoms with Crippen molar-refractivity contribution in [2.75, 3.05) is 20.2 Å². The number of methoxy groups -OCH3 is 1. The maximum atomic E-state index is 12.4. The zero-order valence-electron chi connectivity index (χ0n) is 12.4. The molecule has 2 rings (SSSR count). The topological polar surface area (TPSA) is 29.5 Å². The molecule has 3 nitrogen and oxygen atoms in total. The van der Waals surface area contributed by atoms with Crippen LogP contribution >= 0.6 is 11.6 Å².